The molecular weight excluding hydrogens is 152 g/mol. The molecule has 2 nitrogen and oxygen atoms in total. The van der Waals surface area contributed by atoms with Crippen LogP contribution in [0.5, 0.6) is 0 Å². The molecule has 0 amide bonds. The highest BCUT2D eigenvalue weighted by Crippen LogP contribution is 1.93. The molecule has 68 valence electrons. The van der Waals surface area contributed by atoms with Crippen LogP contribution in [-0.2, 0) is 4.79 Å². The molecule has 0 radical (unpaired) electrons. The highest BCUT2D eigenvalue weighted by molar-refractivity contribution is 5.22. The van der Waals surface area contributed by atoms with E-state index in [-0.39, 0.29) is 5.48 Å². The fraction of sp³-hybridized carbons (Fsp3) is 0.100. The standard InChI is InChI=1S/C9H12.CH2O.H2O/c1-4-6-8-9(3)7-5-2;1-2;/h4-8H,1-2H2,3H3;1H2;1H2/b8-6+,9-7-;;. The zero-order valence-electron chi connectivity index (χ0n) is 7.42. The van der Waals surface area contributed by atoms with Crippen molar-refractivity contribution in [3.8, 4) is 0 Å². The highest BCUT2D eigenvalue weighted by atomic mass is 16.1. The van der Waals surface area contributed by atoms with Crippen LogP contribution in [0.1, 0.15) is 6.92 Å². The molecule has 0 unspecified atom stereocenters. The van der Waals surface area contributed by atoms with Crippen molar-refractivity contribution in [3.05, 3.63) is 49.1 Å². The summed E-state index contributed by atoms with van der Waals surface area (Å²) in [6.45, 7) is 11.1. The van der Waals surface area contributed by atoms with E-state index in [1.165, 1.54) is 5.57 Å². The van der Waals surface area contributed by atoms with Crippen molar-refractivity contribution < 1.29 is 10.3 Å². The number of carbonyl (C=O) groups is 1. The molecule has 0 aromatic carbocycles. The lowest BCUT2D eigenvalue weighted by atomic mass is 10.2. The third-order valence-corrected chi connectivity index (χ3v) is 0.876. The second-order valence-electron chi connectivity index (χ2n) is 1.74. The normalized spacial score (nSPS) is 9.25. The Morgan fingerprint density at radius 1 is 1.17 bits per heavy atom. The monoisotopic (exact) mass is 168 g/mol. The fourth-order valence-electron chi connectivity index (χ4n) is 0.461. The zero-order chi connectivity index (χ0) is 9.11. The maximum Gasteiger partial charge on any atom is 0.106 e. The average molecular weight is 168 g/mol. The van der Waals surface area contributed by atoms with Gasteiger partial charge in [0, 0.05) is 0 Å². The van der Waals surface area contributed by atoms with Gasteiger partial charge in [0.15, 0.2) is 0 Å². The lowest BCUT2D eigenvalue weighted by Crippen LogP contribution is -1.62. The topological polar surface area (TPSA) is 48.6 Å². The van der Waals surface area contributed by atoms with Gasteiger partial charge in [-0.15, -0.1) is 0 Å². The van der Waals surface area contributed by atoms with Gasteiger partial charge >= 0.3 is 0 Å². The summed E-state index contributed by atoms with van der Waals surface area (Å²) < 4.78 is 0. The largest absolute Gasteiger partial charge is 0.412 e. The minimum absolute atomic E-state index is 0. The number of hydrogen-bond donors (Lipinski definition) is 0. The molecular formula is C10H16O2. The molecule has 0 saturated carbocycles. The first-order valence-corrected chi connectivity index (χ1v) is 3.18. The Labute approximate surface area is 73.9 Å². The Morgan fingerprint density at radius 3 is 2.00 bits per heavy atom. The van der Waals surface area contributed by atoms with Gasteiger partial charge in [-0.3, -0.25) is 0 Å². The molecule has 0 aliphatic carbocycles. The summed E-state index contributed by atoms with van der Waals surface area (Å²) >= 11 is 0. The van der Waals surface area contributed by atoms with E-state index < -0.39 is 0 Å². The van der Waals surface area contributed by atoms with E-state index in [4.69, 9.17) is 4.79 Å². The summed E-state index contributed by atoms with van der Waals surface area (Å²) in [4.78, 5) is 8.00. The SMILES string of the molecule is C=C/C=C(C)\C=C\C=C.C=O.O. The van der Waals surface area contributed by atoms with Gasteiger partial charge in [0.1, 0.15) is 6.79 Å². The predicted octanol–water partition coefficient (Wildman–Crippen LogP) is 1.85. The van der Waals surface area contributed by atoms with E-state index in [1.54, 1.807) is 12.2 Å². The van der Waals surface area contributed by atoms with Crippen molar-refractivity contribution >= 4 is 6.79 Å². The van der Waals surface area contributed by atoms with Crippen LogP contribution >= 0.6 is 0 Å². The van der Waals surface area contributed by atoms with Gasteiger partial charge in [-0.05, 0) is 6.92 Å². The molecule has 0 rings (SSSR count). The van der Waals surface area contributed by atoms with Crippen molar-refractivity contribution in [3.63, 3.8) is 0 Å². The van der Waals surface area contributed by atoms with Crippen LogP contribution in [0.25, 0.3) is 0 Å². The van der Waals surface area contributed by atoms with Crippen LogP contribution < -0.4 is 0 Å². The van der Waals surface area contributed by atoms with Gasteiger partial charge < -0.3 is 10.3 Å². The predicted molar refractivity (Wildman–Crippen MR) is 54.0 cm³/mol. The van der Waals surface area contributed by atoms with E-state index >= 15 is 0 Å². The summed E-state index contributed by atoms with van der Waals surface area (Å²) in [5.74, 6) is 0. The Balaban J connectivity index is -0.000000249. The van der Waals surface area contributed by atoms with Crippen molar-refractivity contribution in [2.24, 2.45) is 0 Å². The molecule has 0 aromatic heterocycles. The summed E-state index contributed by atoms with van der Waals surface area (Å²) in [5, 5.41) is 0. The Morgan fingerprint density at radius 2 is 1.67 bits per heavy atom. The smallest absolute Gasteiger partial charge is 0.106 e. The van der Waals surface area contributed by atoms with E-state index in [0.29, 0.717) is 0 Å². The van der Waals surface area contributed by atoms with Crippen molar-refractivity contribution in [2.75, 3.05) is 0 Å². The number of rotatable bonds is 3. The fourth-order valence-corrected chi connectivity index (χ4v) is 0.461. The first kappa shape index (κ1) is 16.9. The number of hydrogen-bond acceptors (Lipinski definition) is 1. The molecule has 0 aliphatic heterocycles. The second-order valence-corrected chi connectivity index (χ2v) is 1.74. The zero-order valence-corrected chi connectivity index (χ0v) is 7.42. The molecule has 0 fully saturated rings. The number of carbonyl (C=O) groups excluding carboxylic acids is 1. The lowest BCUT2D eigenvalue weighted by molar-refractivity contribution is -0.0979. The Bertz CT molecular complexity index is 167. The van der Waals surface area contributed by atoms with Crippen molar-refractivity contribution in [1.29, 1.82) is 0 Å². The average Bonchev–Trinajstić information content (AvgIpc) is 2.05. The Kier molecular flexibility index (Phi) is 23.0. The molecule has 0 bridgehead atoms. The molecule has 0 aliphatic rings. The summed E-state index contributed by atoms with van der Waals surface area (Å²) in [7, 11) is 0. The van der Waals surface area contributed by atoms with Crippen LogP contribution in [0.2, 0.25) is 0 Å². The molecule has 0 saturated heterocycles. The van der Waals surface area contributed by atoms with Crippen LogP contribution in [0.3, 0.4) is 0 Å². The van der Waals surface area contributed by atoms with Crippen molar-refractivity contribution in [1.82, 2.24) is 0 Å². The molecule has 0 spiro atoms. The van der Waals surface area contributed by atoms with E-state index in [2.05, 4.69) is 13.2 Å². The molecule has 2 heteroatoms. The van der Waals surface area contributed by atoms with Crippen LogP contribution in [0, 0.1) is 0 Å². The first-order valence-electron chi connectivity index (χ1n) is 3.18. The van der Waals surface area contributed by atoms with Gasteiger partial charge in [-0.1, -0.05) is 49.1 Å². The first-order chi connectivity index (χ1) is 5.31. The maximum absolute atomic E-state index is 8.00. The van der Waals surface area contributed by atoms with Gasteiger partial charge in [-0.2, -0.15) is 0 Å². The molecule has 0 aromatic rings. The maximum atomic E-state index is 8.00. The third-order valence-electron chi connectivity index (χ3n) is 0.876. The minimum Gasteiger partial charge on any atom is -0.412 e. The summed E-state index contributed by atoms with van der Waals surface area (Å²) in [5.41, 5.74) is 1.19. The highest BCUT2D eigenvalue weighted by Gasteiger charge is 1.72. The molecule has 0 atom stereocenters. The molecule has 2 N–H and O–H groups in total. The second kappa shape index (κ2) is 16.3. The summed E-state index contributed by atoms with van der Waals surface area (Å²) in [6, 6.07) is 0. The van der Waals surface area contributed by atoms with Gasteiger partial charge in [0.25, 0.3) is 0 Å². The summed E-state index contributed by atoms with van der Waals surface area (Å²) in [6.07, 6.45) is 9.34. The van der Waals surface area contributed by atoms with Crippen molar-refractivity contribution in [2.45, 2.75) is 6.92 Å². The minimum atomic E-state index is 0. The quantitative estimate of drug-likeness (QED) is 0.593. The van der Waals surface area contributed by atoms with Gasteiger partial charge in [0.05, 0.1) is 0 Å². The third kappa shape index (κ3) is 15.8. The van der Waals surface area contributed by atoms with Crippen LogP contribution in [-0.4, -0.2) is 12.3 Å². The Hall–Kier alpha value is -1.41. The van der Waals surface area contributed by atoms with Crippen LogP contribution in [0.4, 0.5) is 0 Å². The lowest BCUT2D eigenvalue weighted by Gasteiger charge is -1.83. The number of allylic oxidation sites excluding steroid dienone is 6. The molecule has 0 heterocycles. The van der Waals surface area contributed by atoms with Gasteiger partial charge in [-0.25, -0.2) is 0 Å². The molecule has 12 heavy (non-hydrogen) atoms. The van der Waals surface area contributed by atoms with Crippen LogP contribution in [0.15, 0.2) is 49.1 Å². The van der Waals surface area contributed by atoms with Gasteiger partial charge in [0.2, 0.25) is 0 Å². The van der Waals surface area contributed by atoms with E-state index in [1.807, 2.05) is 31.9 Å². The van der Waals surface area contributed by atoms with E-state index in [9.17, 15) is 0 Å². The van der Waals surface area contributed by atoms with E-state index in [0.717, 1.165) is 0 Å².